The molecule has 142 valence electrons. The molecule has 0 radical (unpaired) electrons. The SMILES string of the molecule is CCOc1cc(/C=N\NC(=O)CN2CCCc3ccccc32)ccc1OC. The van der Waals surface area contributed by atoms with E-state index in [0.717, 1.165) is 30.6 Å². The number of methoxy groups -OCH3 is 1. The lowest BCUT2D eigenvalue weighted by Crippen LogP contribution is -2.38. The molecule has 0 bridgehead atoms. The standard InChI is InChI=1S/C21H25N3O3/c1-3-27-20-13-16(10-11-19(20)26-2)14-22-23-21(25)15-24-12-6-8-17-7-4-5-9-18(17)24/h4-5,7,9-11,13-14H,3,6,8,12,15H2,1-2H3,(H,23,25)/b22-14-. The number of carbonyl (C=O) groups is 1. The summed E-state index contributed by atoms with van der Waals surface area (Å²) in [5.74, 6) is 1.18. The molecule has 0 fully saturated rings. The number of carbonyl (C=O) groups excluding carboxylic acids is 1. The van der Waals surface area contributed by atoms with Gasteiger partial charge in [0.15, 0.2) is 11.5 Å². The fourth-order valence-electron chi connectivity index (χ4n) is 3.21. The van der Waals surface area contributed by atoms with Crippen LogP contribution in [0.15, 0.2) is 47.6 Å². The number of hydrogen-bond acceptors (Lipinski definition) is 5. The van der Waals surface area contributed by atoms with Crippen LogP contribution in [0, 0.1) is 0 Å². The highest BCUT2D eigenvalue weighted by molar-refractivity contribution is 5.85. The molecule has 27 heavy (non-hydrogen) atoms. The van der Waals surface area contributed by atoms with E-state index >= 15 is 0 Å². The Balaban J connectivity index is 1.59. The first-order valence-corrected chi connectivity index (χ1v) is 9.17. The minimum absolute atomic E-state index is 0.138. The number of hydrazone groups is 1. The third-order valence-electron chi connectivity index (χ3n) is 4.43. The lowest BCUT2D eigenvalue weighted by Gasteiger charge is -2.30. The van der Waals surface area contributed by atoms with E-state index in [4.69, 9.17) is 9.47 Å². The van der Waals surface area contributed by atoms with Gasteiger partial charge in [-0.25, -0.2) is 5.43 Å². The fraction of sp³-hybridized carbons (Fsp3) is 0.333. The van der Waals surface area contributed by atoms with Crippen molar-refractivity contribution in [2.45, 2.75) is 19.8 Å². The molecule has 1 aliphatic rings. The Kier molecular flexibility index (Phi) is 6.30. The van der Waals surface area contributed by atoms with Gasteiger partial charge in [-0.15, -0.1) is 0 Å². The first kappa shape index (κ1) is 18.8. The van der Waals surface area contributed by atoms with Crippen LogP contribution in [0.5, 0.6) is 11.5 Å². The first-order chi connectivity index (χ1) is 13.2. The highest BCUT2D eigenvalue weighted by atomic mass is 16.5. The lowest BCUT2D eigenvalue weighted by molar-refractivity contribution is -0.119. The van der Waals surface area contributed by atoms with Crippen molar-refractivity contribution < 1.29 is 14.3 Å². The zero-order chi connectivity index (χ0) is 19.1. The van der Waals surface area contributed by atoms with Crippen LogP contribution in [0.2, 0.25) is 0 Å². The van der Waals surface area contributed by atoms with Gasteiger partial charge in [0.25, 0.3) is 5.91 Å². The van der Waals surface area contributed by atoms with Gasteiger partial charge in [0.2, 0.25) is 0 Å². The van der Waals surface area contributed by atoms with Crippen molar-refractivity contribution in [1.29, 1.82) is 0 Å². The van der Waals surface area contributed by atoms with Crippen molar-refractivity contribution in [2.24, 2.45) is 5.10 Å². The molecule has 0 atom stereocenters. The van der Waals surface area contributed by atoms with E-state index in [2.05, 4.69) is 27.6 Å². The summed E-state index contributed by atoms with van der Waals surface area (Å²) < 4.78 is 10.8. The Morgan fingerprint density at radius 1 is 1.26 bits per heavy atom. The third-order valence-corrected chi connectivity index (χ3v) is 4.43. The summed E-state index contributed by atoms with van der Waals surface area (Å²) in [4.78, 5) is 14.4. The Bertz CT molecular complexity index is 820. The molecule has 2 aromatic rings. The van der Waals surface area contributed by atoms with E-state index < -0.39 is 0 Å². The number of fused-ring (bicyclic) bond motifs is 1. The van der Waals surface area contributed by atoms with Gasteiger partial charge in [0.05, 0.1) is 26.5 Å². The second-order valence-corrected chi connectivity index (χ2v) is 6.29. The number of benzene rings is 2. The average Bonchev–Trinajstić information content (AvgIpc) is 2.69. The topological polar surface area (TPSA) is 63.2 Å². The highest BCUT2D eigenvalue weighted by Gasteiger charge is 2.18. The molecular weight excluding hydrogens is 342 g/mol. The number of ether oxygens (including phenoxy) is 2. The number of hydrogen-bond donors (Lipinski definition) is 1. The molecule has 0 aliphatic carbocycles. The molecule has 0 saturated heterocycles. The minimum Gasteiger partial charge on any atom is -0.493 e. The van der Waals surface area contributed by atoms with Crippen molar-refractivity contribution in [3.8, 4) is 11.5 Å². The molecule has 0 unspecified atom stereocenters. The van der Waals surface area contributed by atoms with Crippen LogP contribution >= 0.6 is 0 Å². The lowest BCUT2D eigenvalue weighted by atomic mass is 10.0. The summed E-state index contributed by atoms with van der Waals surface area (Å²) in [6, 6.07) is 13.7. The largest absolute Gasteiger partial charge is 0.493 e. The molecule has 1 aliphatic heterocycles. The number of rotatable bonds is 7. The van der Waals surface area contributed by atoms with Crippen molar-refractivity contribution in [1.82, 2.24) is 5.43 Å². The number of nitrogens with zero attached hydrogens (tertiary/aromatic N) is 2. The molecule has 1 N–H and O–H groups in total. The van der Waals surface area contributed by atoms with Crippen LogP contribution in [-0.2, 0) is 11.2 Å². The zero-order valence-electron chi connectivity index (χ0n) is 15.8. The predicted molar refractivity (Wildman–Crippen MR) is 107 cm³/mol. The van der Waals surface area contributed by atoms with Crippen molar-refractivity contribution >= 4 is 17.8 Å². The first-order valence-electron chi connectivity index (χ1n) is 9.17. The zero-order valence-corrected chi connectivity index (χ0v) is 15.8. The maximum atomic E-state index is 12.3. The molecule has 6 heteroatoms. The summed E-state index contributed by atoms with van der Waals surface area (Å²) in [6.45, 7) is 3.63. The van der Waals surface area contributed by atoms with Gasteiger partial charge in [-0.1, -0.05) is 18.2 Å². The minimum atomic E-state index is -0.138. The van der Waals surface area contributed by atoms with Crippen molar-refractivity contribution in [3.63, 3.8) is 0 Å². The van der Waals surface area contributed by atoms with Crippen LogP contribution in [0.3, 0.4) is 0 Å². The van der Waals surface area contributed by atoms with E-state index in [9.17, 15) is 4.79 Å². The smallest absolute Gasteiger partial charge is 0.259 e. The number of nitrogens with one attached hydrogen (secondary N) is 1. The van der Waals surface area contributed by atoms with E-state index in [1.54, 1.807) is 13.3 Å². The number of anilines is 1. The van der Waals surface area contributed by atoms with E-state index in [-0.39, 0.29) is 5.91 Å². The molecule has 0 aromatic heterocycles. The Hall–Kier alpha value is -3.02. The maximum Gasteiger partial charge on any atom is 0.259 e. The van der Waals surface area contributed by atoms with Crippen LogP contribution < -0.4 is 19.8 Å². The van der Waals surface area contributed by atoms with Crippen LogP contribution in [-0.4, -0.2) is 38.9 Å². The molecule has 0 saturated carbocycles. The summed E-state index contributed by atoms with van der Waals surface area (Å²) >= 11 is 0. The maximum absolute atomic E-state index is 12.3. The van der Waals surface area contributed by atoms with Gasteiger partial charge < -0.3 is 14.4 Å². The van der Waals surface area contributed by atoms with E-state index in [0.29, 0.717) is 24.7 Å². The molecule has 1 amide bonds. The van der Waals surface area contributed by atoms with Crippen LogP contribution in [0.4, 0.5) is 5.69 Å². The Morgan fingerprint density at radius 2 is 2.11 bits per heavy atom. The van der Waals surface area contributed by atoms with Gasteiger partial charge in [-0.3, -0.25) is 4.79 Å². The third kappa shape index (κ3) is 4.78. The fourth-order valence-corrected chi connectivity index (χ4v) is 3.21. The molecule has 0 spiro atoms. The molecular formula is C21H25N3O3. The molecule has 2 aromatic carbocycles. The number of para-hydroxylation sites is 1. The van der Waals surface area contributed by atoms with Gasteiger partial charge in [0.1, 0.15) is 0 Å². The monoisotopic (exact) mass is 367 g/mol. The normalized spacial score (nSPS) is 13.3. The summed E-state index contributed by atoms with van der Waals surface area (Å²) in [5, 5.41) is 4.07. The summed E-state index contributed by atoms with van der Waals surface area (Å²) in [7, 11) is 1.60. The van der Waals surface area contributed by atoms with Crippen LogP contribution in [0.1, 0.15) is 24.5 Å². The van der Waals surface area contributed by atoms with Crippen molar-refractivity contribution in [3.05, 3.63) is 53.6 Å². The number of aryl methyl sites for hydroxylation is 1. The predicted octanol–water partition coefficient (Wildman–Crippen LogP) is 3.00. The second kappa shape index (κ2) is 9.07. The van der Waals surface area contributed by atoms with Crippen LogP contribution in [0.25, 0.3) is 0 Å². The Morgan fingerprint density at radius 3 is 2.93 bits per heavy atom. The highest BCUT2D eigenvalue weighted by Crippen LogP contribution is 2.27. The molecule has 1 heterocycles. The van der Waals surface area contributed by atoms with Gasteiger partial charge >= 0.3 is 0 Å². The summed E-state index contributed by atoms with van der Waals surface area (Å²) in [5.41, 5.74) is 5.86. The van der Waals surface area contributed by atoms with Gasteiger partial charge in [-0.05, 0) is 55.2 Å². The molecule has 3 rings (SSSR count). The van der Waals surface area contributed by atoms with Gasteiger partial charge in [0, 0.05) is 12.2 Å². The van der Waals surface area contributed by atoms with Crippen molar-refractivity contribution in [2.75, 3.05) is 31.7 Å². The quantitative estimate of drug-likeness (QED) is 0.604. The Labute approximate surface area is 159 Å². The van der Waals surface area contributed by atoms with Gasteiger partial charge in [-0.2, -0.15) is 5.10 Å². The number of amides is 1. The second-order valence-electron chi connectivity index (χ2n) is 6.29. The van der Waals surface area contributed by atoms with E-state index in [1.165, 1.54) is 5.56 Å². The average molecular weight is 367 g/mol. The summed E-state index contributed by atoms with van der Waals surface area (Å²) in [6.07, 6.45) is 3.72. The molecule has 6 nitrogen and oxygen atoms in total. The van der Waals surface area contributed by atoms with E-state index in [1.807, 2.05) is 37.3 Å².